The van der Waals surface area contributed by atoms with Gasteiger partial charge >= 0.3 is 0 Å². The van der Waals surface area contributed by atoms with Crippen molar-refractivity contribution in [3.63, 3.8) is 0 Å². The van der Waals surface area contributed by atoms with Crippen molar-refractivity contribution in [1.29, 1.82) is 0 Å². The van der Waals surface area contributed by atoms with E-state index >= 15 is 0 Å². The van der Waals surface area contributed by atoms with E-state index in [4.69, 9.17) is 4.74 Å². The molecule has 0 heterocycles. The third-order valence-electron chi connectivity index (χ3n) is 4.23. The summed E-state index contributed by atoms with van der Waals surface area (Å²) in [5, 5.41) is 5.77. The number of hydrogen-bond donors (Lipinski definition) is 2. The molecule has 1 aromatic rings. The Labute approximate surface area is 143 Å². The second-order valence-electron chi connectivity index (χ2n) is 6.05. The quantitative estimate of drug-likeness (QED) is 0.756. The molecule has 130 valence electrons. The van der Waals surface area contributed by atoms with E-state index in [2.05, 4.69) is 16.7 Å². The van der Waals surface area contributed by atoms with Crippen molar-refractivity contribution in [2.24, 2.45) is 0 Å². The predicted octanol–water partition coefficient (Wildman–Crippen LogP) is 2.82. The first-order valence-corrected chi connectivity index (χ1v) is 8.50. The molecule has 1 aliphatic carbocycles. The summed E-state index contributed by atoms with van der Waals surface area (Å²) >= 11 is 0. The van der Waals surface area contributed by atoms with Gasteiger partial charge in [0, 0.05) is 24.6 Å². The van der Waals surface area contributed by atoms with Gasteiger partial charge in [-0.05, 0) is 50.8 Å². The highest BCUT2D eigenvalue weighted by Gasteiger charge is 2.14. The molecule has 0 radical (unpaired) electrons. The first kappa shape index (κ1) is 18.0. The number of nitrogens with one attached hydrogen (secondary N) is 2. The SMILES string of the molecule is COc1cccc(C(=O)NCCC(=O)NC(C)C2=CCCCC2)c1. The predicted molar refractivity (Wildman–Crippen MR) is 94.1 cm³/mol. The Bertz CT molecular complexity index is 610. The van der Waals surface area contributed by atoms with E-state index in [1.165, 1.54) is 18.4 Å². The minimum Gasteiger partial charge on any atom is -0.497 e. The second kappa shape index (κ2) is 9.11. The molecule has 0 spiro atoms. The number of ether oxygens (including phenoxy) is 1. The minimum absolute atomic E-state index is 0.0417. The van der Waals surface area contributed by atoms with Crippen LogP contribution in [0.4, 0.5) is 0 Å². The molecule has 0 bridgehead atoms. The van der Waals surface area contributed by atoms with Crippen LogP contribution in [0.1, 0.15) is 49.4 Å². The summed E-state index contributed by atoms with van der Waals surface area (Å²) in [4.78, 5) is 24.1. The molecule has 0 fully saturated rings. The van der Waals surface area contributed by atoms with Gasteiger partial charge < -0.3 is 15.4 Å². The van der Waals surface area contributed by atoms with Crippen molar-refractivity contribution >= 4 is 11.8 Å². The third kappa shape index (κ3) is 5.41. The number of hydrogen-bond acceptors (Lipinski definition) is 3. The number of carbonyl (C=O) groups excluding carboxylic acids is 2. The van der Waals surface area contributed by atoms with Crippen LogP contribution in [0.15, 0.2) is 35.9 Å². The van der Waals surface area contributed by atoms with Gasteiger partial charge in [-0.25, -0.2) is 0 Å². The summed E-state index contributed by atoms with van der Waals surface area (Å²) in [5.74, 6) is 0.389. The third-order valence-corrected chi connectivity index (χ3v) is 4.23. The molecular formula is C19H26N2O3. The number of amides is 2. The zero-order valence-corrected chi connectivity index (χ0v) is 14.4. The highest BCUT2D eigenvalue weighted by molar-refractivity contribution is 5.94. The Morgan fingerprint density at radius 1 is 1.29 bits per heavy atom. The first-order chi connectivity index (χ1) is 11.6. The average Bonchev–Trinajstić information content (AvgIpc) is 2.62. The lowest BCUT2D eigenvalue weighted by Gasteiger charge is -2.20. The van der Waals surface area contributed by atoms with Crippen molar-refractivity contribution < 1.29 is 14.3 Å². The largest absolute Gasteiger partial charge is 0.497 e. The summed E-state index contributed by atoms with van der Waals surface area (Å²) in [7, 11) is 1.56. The Kier molecular flexibility index (Phi) is 6.85. The number of benzene rings is 1. The fourth-order valence-electron chi connectivity index (χ4n) is 2.82. The highest BCUT2D eigenvalue weighted by atomic mass is 16.5. The van der Waals surface area contributed by atoms with Crippen LogP contribution in [0.3, 0.4) is 0 Å². The van der Waals surface area contributed by atoms with Gasteiger partial charge in [-0.15, -0.1) is 0 Å². The van der Waals surface area contributed by atoms with Gasteiger partial charge in [-0.3, -0.25) is 9.59 Å². The highest BCUT2D eigenvalue weighted by Crippen LogP contribution is 2.20. The van der Waals surface area contributed by atoms with E-state index in [1.54, 1.807) is 31.4 Å². The molecule has 1 atom stereocenters. The maximum Gasteiger partial charge on any atom is 0.251 e. The van der Waals surface area contributed by atoms with Crippen molar-refractivity contribution in [2.45, 2.75) is 45.1 Å². The Balaban J connectivity index is 1.73. The lowest BCUT2D eigenvalue weighted by molar-refractivity contribution is -0.121. The van der Waals surface area contributed by atoms with E-state index in [1.807, 2.05) is 6.92 Å². The van der Waals surface area contributed by atoms with Crippen LogP contribution in [0.2, 0.25) is 0 Å². The molecule has 5 nitrogen and oxygen atoms in total. The number of allylic oxidation sites excluding steroid dienone is 1. The average molecular weight is 330 g/mol. The molecule has 2 rings (SSSR count). The number of methoxy groups -OCH3 is 1. The van der Waals surface area contributed by atoms with Gasteiger partial charge in [0.1, 0.15) is 5.75 Å². The van der Waals surface area contributed by atoms with Crippen molar-refractivity contribution in [2.75, 3.05) is 13.7 Å². The van der Waals surface area contributed by atoms with Gasteiger partial charge in [-0.2, -0.15) is 0 Å². The van der Waals surface area contributed by atoms with Crippen LogP contribution >= 0.6 is 0 Å². The monoisotopic (exact) mass is 330 g/mol. The van der Waals surface area contributed by atoms with Gasteiger partial charge in [0.05, 0.1) is 7.11 Å². The standard InChI is InChI=1S/C19H26N2O3/c1-14(15-7-4-3-5-8-15)21-18(22)11-12-20-19(23)16-9-6-10-17(13-16)24-2/h6-7,9-10,13-14H,3-5,8,11-12H2,1-2H3,(H,20,23)(H,21,22). The molecule has 2 amide bonds. The molecule has 1 unspecified atom stereocenters. The molecule has 0 saturated heterocycles. The molecule has 24 heavy (non-hydrogen) atoms. The van der Waals surface area contributed by atoms with Crippen LogP contribution in [0, 0.1) is 0 Å². The van der Waals surface area contributed by atoms with Crippen molar-refractivity contribution in [3.05, 3.63) is 41.5 Å². The fourth-order valence-corrected chi connectivity index (χ4v) is 2.82. The topological polar surface area (TPSA) is 67.4 Å². The fraction of sp³-hybridized carbons (Fsp3) is 0.474. The van der Waals surface area contributed by atoms with E-state index in [-0.39, 0.29) is 24.3 Å². The van der Waals surface area contributed by atoms with E-state index in [9.17, 15) is 9.59 Å². The molecule has 1 aromatic carbocycles. The van der Waals surface area contributed by atoms with E-state index in [0.717, 1.165) is 12.8 Å². The van der Waals surface area contributed by atoms with Crippen LogP contribution in [0.5, 0.6) is 5.75 Å². The summed E-state index contributed by atoms with van der Waals surface area (Å²) in [6.07, 6.45) is 7.11. The van der Waals surface area contributed by atoms with E-state index < -0.39 is 0 Å². The maximum absolute atomic E-state index is 12.1. The summed E-state index contributed by atoms with van der Waals surface area (Å²) < 4.78 is 5.10. The van der Waals surface area contributed by atoms with Crippen LogP contribution in [0.25, 0.3) is 0 Å². The Hall–Kier alpha value is -2.30. The maximum atomic E-state index is 12.1. The van der Waals surface area contributed by atoms with Gasteiger partial charge in [0.15, 0.2) is 0 Å². The second-order valence-corrected chi connectivity index (χ2v) is 6.05. The molecule has 5 heteroatoms. The molecule has 2 N–H and O–H groups in total. The zero-order chi connectivity index (χ0) is 17.4. The molecule has 0 aromatic heterocycles. The Morgan fingerprint density at radius 2 is 2.12 bits per heavy atom. The van der Waals surface area contributed by atoms with Gasteiger partial charge in [0.2, 0.25) is 5.91 Å². The molecular weight excluding hydrogens is 304 g/mol. The lowest BCUT2D eigenvalue weighted by atomic mass is 9.95. The summed E-state index contributed by atoms with van der Waals surface area (Å²) in [6.45, 7) is 2.33. The smallest absolute Gasteiger partial charge is 0.251 e. The number of carbonyl (C=O) groups is 2. The summed E-state index contributed by atoms with van der Waals surface area (Å²) in [6, 6.07) is 7.01. The van der Waals surface area contributed by atoms with Crippen molar-refractivity contribution in [3.8, 4) is 5.75 Å². The van der Waals surface area contributed by atoms with E-state index in [0.29, 0.717) is 17.9 Å². The van der Waals surface area contributed by atoms with Gasteiger partial charge in [-0.1, -0.05) is 17.7 Å². The zero-order valence-electron chi connectivity index (χ0n) is 14.4. The molecule has 1 aliphatic rings. The van der Waals surface area contributed by atoms with Crippen LogP contribution in [-0.4, -0.2) is 31.5 Å². The minimum atomic E-state index is -0.204. The van der Waals surface area contributed by atoms with Crippen LogP contribution in [-0.2, 0) is 4.79 Å². The molecule has 0 saturated carbocycles. The summed E-state index contributed by atoms with van der Waals surface area (Å²) in [5.41, 5.74) is 1.84. The normalized spacial score (nSPS) is 15.2. The van der Waals surface area contributed by atoms with Crippen molar-refractivity contribution in [1.82, 2.24) is 10.6 Å². The molecule has 0 aliphatic heterocycles. The lowest BCUT2D eigenvalue weighted by Crippen LogP contribution is -2.36. The van der Waals surface area contributed by atoms with Gasteiger partial charge in [0.25, 0.3) is 5.91 Å². The first-order valence-electron chi connectivity index (χ1n) is 8.50. The number of rotatable bonds is 7. The van der Waals surface area contributed by atoms with Crippen LogP contribution < -0.4 is 15.4 Å². The Morgan fingerprint density at radius 3 is 2.83 bits per heavy atom.